The summed E-state index contributed by atoms with van der Waals surface area (Å²) in [5.41, 5.74) is 2.61. The predicted octanol–water partition coefficient (Wildman–Crippen LogP) is 3.10. The number of aryl methyl sites for hydroxylation is 2. The van der Waals surface area contributed by atoms with Crippen molar-refractivity contribution >= 4 is 29.6 Å². The van der Waals surface area contributed by atoms with E-state index in [1.165, 1.54) is 6.08 Å². The molecule has 154 valence electrons. The maximum atomic E-state index is 13.1. The Morgan fingerprint density at radius 2 is 1.80 bits per heavy atom. The zero-order valence-electron chi connectivity index (χ0n) is 16.8. The van der Waals surface area contributed by atoms with E-state index < -0.39 is 17.8 Å². The average molecular weight is 408 g/mol. The van der Waals surface area contributed by atoms with E-state index in [9.17, 15) is 14.4 Å². The van der Waals surface area contributed by atoms with Crippen molar-refractivity contribution in [2.75, 3.05) is 18.3 Å². The number of carbonyl (C=O) groups is 3. The Hall–Kier alpha value is -3.81. The highest BCUT2D eigenvalue weighted by atomic mass is 16.7. The predicted molar refractivity (Wildman–Crippen MR) is 109 cm³/mol. The van der Waals surface area contributed by atoms with Gasteiger partial charge in [0.1, 0.15) is 11.3 Å². The molecule has 8 nitrogen and oxygen atoms in total. The highest BCUT2D eigenvalue weighted by Gasteiger charge is 2.37. The molecule has 1 N–H and O–H groups in total. The molecule has 0 saturated carbocycles. The molecule has 1 saturated heterocycles. The Morgan fingerprint density at radius 1 is 1.07 bits per heavy atom. The molecule has 0 bridgehead atoms. The van der Waals surface area contributed by atoms with Crippen LogP contribution in [0.3, 0.4) is 0 Å². The molecule has 0 atom stereocenters. The summed E-state index contributed by atoms with van der Waals surface area (Å²) in [6.07, 6.45) is 1.39. The van der Waals surface area contributed by atoms with Crippen LogP contribution in [0.1, 0.15) is 23.6 Å². The highest BCUT2D eigenvalue weighted by molar-refractivity contribution is 6.39. The lowest BCUT2D eigenvalue weighted by molar-refractivity contribution is -0.122. The minimum atomic E-state index is -0.791. The molecule has 4 amide bonds. The van der Waals surface area contributed by atoms with Crippen molar-refractivity contribution in [3.63, 3.8) is 0 Å². The molecule has 2 heterocycles. The van der Waals surface area contributed by atoms with E-state index in [0.717, 1.165) is 16.0 Å². The van der Waals surface area contributed by atoms with Crippen LogP contribution in [-0.4, -0.2) is 31.2 Å². The van der Waals surface area contributed by atoms with Crippen LogP contribution in [0.2, 0.25) is 0 Å². The van der Waals surface area contributed by atoms with Crippen molar-refractivity contribution in [1.29, 1.82) is 0 Å². The quantitative estimate of drug-likeness (QED) is 0.617. The van der Waals surface area contributed by atoms with Crippen LogP contribution in [-0.2, 0) is 9.59 Å². The first-order chi connectivity index (χ1) is 14.4. The highest BCUT2D eigenvalue weighted by Crippen LogP contribution is 2.39. The molecule has 0 aromatic heterocycles. The van der Waals surface area contributed by atoms with E-state index in [2.05, 4.69) is 5.32 Å². The van der Waals surface area contributed by atoms with Crippen molar-refractivity contribution < 1.29 is 28.6 Å². The van der Waals surface area contributed by atoms with E-state index in [4.69, 9.17) is 14.2 Å². The Kier molecular flexibility index (Phi) is 4.91. The van der Waals surface area contributed by atoms with Crippen molar-refractivity contribution in [3.8, 4) is 17.2 Å². The first-order valence-electron chi connectivity index (χ1n) is 9.44. The Balaban J connectivity index is 1.77. The number of imide groups is 2. The SMILES string of the molecule is CCOc1cc2c(cc1/C=C1/C(=O)NC(=O)N(c3ccc(C)c(C)c3)C1=O)OCO2. The van der Waals surface area contributed by atoms with Gasteiger partial charge in [-0.25, -0.2) is 9.69 Å². The number of nitrogens with one attached hydrogen (secondary N) is 1. The Bertz CT molecular complexity index is 1110. The van der Waals surface area contributed by atoms with Crippen molar-refractivity contribution in [1.82, 2.24) is 5.32 Å². The molecule has 2 aliphatic rings. The van der Waals surface area contributed by atoms with E-state index in [1.807, 2.05) is 26.8 Å². The second-order valence-corrected chi connectivity index (χ2v) is 6.90. The van der Waals surface area contributed by atoms with E-state index in [1.54, 1.807) is 24.3 Å². The lowest BCUT2D eigenvalue weighted by Gasteiger charge is -2.27. The van der Waals surface area contributed by atoms with Gasteiger partial charge in [0.2, 0.25) is 6.79 Å². The number of hydrogen-bond donors (Lipinski definition) is 1. The fourth-order valence-electron chi connectivity index (χ4n) is 3.24. The molecular formula is C22H20N2O6. The van der Waals surface area contributed by atoms with Gasteiger partial charge in [0, 0.05) is 11.6 Å². The second kappa shape index (κ2) is 7.55. The summed E-state index contributed by atoms with van der Waals surface area (Å²) in [7, 11) is 0. The van der Waals surface area contributed by atoms with Gasteiger partial charge in [-0.15, -0.1) is 0 Å². The minimum Gasteiger partial charge on any atom is -0.493 e. The van der Waals surface area contributed by atoms with E-state index >= 15 is 0 Å². The summed E-state index contributed by atoms with van der Waals surface area (Å²) in [4.78, 5) is 39.0. The number of ether oxygens (including phenoxy) is 3. The molecule has 0 radical (unpaired) electrons. The smallest absolute Gasteiger partial charge is 0.335 e. The number of hydrogen-bond acceptors (Lipinski definition) is 6. The number of urea groups is 1. The van der Waals surface area contributed by atoms with Crippen LogP contribution in [0.15, 0.2) is 35.9 Å². The van der Waals surface area contributed by atoms with Gasteiger partial charge in [-0.3, -0.25) is 14.9 Å². The maximum absolute atomic E-state index is 13.1. The number of barbiturate groups is 1. The average Bonchev–Trinajstić information content (AvgIpc) is 3.15. The summed E-state index contributed by atoms with van der Waals surface area (Å²) in [5.74, 6) is -0.0511. The summed E-state index contributed by atoms with van der Waals surface area (Å²) in [6, 6.07) is 7.70. The number of anilines is 1. The summed E-state index contributed by atoms with van der Waals surface area (Å²) < 4.78 is 16.4. The molecule has 0 unspecified atom stereocenters. The third-order valence-corrected chi connectivity index (χ3v) is 4.96. The third-order valence-electron chi connectivity index (χ3n) is 4.96. The number of amides is 4. The van der Waals surface area contributed by atoms with E-state index in [0.29, 0.717) is 35.1 Å². The lowest BCUT2D eigenvalue weighted by atomic mass is 10.0. The molecular weight excluding hydrogens is 388 g/mol. The second-order valence-electron chi connectivity index (χ2n) is 6.90. The fourth-order valence-corrected chi connectivity index (χ4v) is 3.24. The molecule has 0 spiro atoms. The maximum Gasteiger partial charge on any atom is 0.335 e. The molecule has 2 aromatic carbocycles. The van der Waals surface area contributed by atoms with Crippen LogP contribution in [0.4, 0.5) is 10.5 Å². The van der Waals surface area contributed by atoms with Gasteiger partial charge in [-0.2, -0.15) is 0 Å². The van der Waals surface area contributed by atoms with Crippen molar-refractivity contribution in [3.05, 3.63) is 52.6 Å². The van der Waals surface area contributed by atoms with Gasteiger partial charge >= 0.3 is 6.03 Å². The van der Waals surface area contributed by atoms with Gasteiger partial charge in [0.25, 0.3) is 11.8 Å². The molecule has 1 fully saturated rings. The van der Waals surface area contributed by atoms with Crippen LogP contribution >= 0.6 is 0 Å². The molecule has 2 aliphatic heterocycles. The Labute approximate surface area is 173 Å². The standard InChI is InChI=1S/C22H20N2O6/c1-4-28-17-10-19-18(29-11-30-19)9-14(17)8-16-20(25)23-22(27)24(21(16)26)15-6-5-12(2)13(3)7-15/h5-10H,4,11H2,1-3H3,(H,23,25,27)/b16-8-. The molecule has 0 aliphatic carbocycles. The molecule has 4 rings (SSSR count). The summed E-state index contributed by atoms with van der Waals surface area (Å²) >= 11 is 0. The third kappa shape index (κ3) is 3.36. The van der Waals surface area contributed by atoms with Gasteiger partial charge in [-0.05, 0) is 56.2 Å². The van der Waals surface area contributed by atoms with Crippen LogP contribution < -0.4 is 24.4 Å². The van der Waals surface area contributed by atoms with Gasteiger partial charge < -0.3 is 14.2 Å². The number of benzene rings is 2. The van der Waals surface area contributed by atoms with Gasteiger partial charge in [-0.1, -0.05) is 6.07 Å². The largest absolute Gasteiger partial charge is 0.493 e. The van der Waals surface area contributed by atoms with Crippen LogP contribution in [0.5, 0.6) is 17.2 Å². The van der Waals surface area contributed by atoms with Crippen molar-refractivity contribution in [2.24, 2.45) is 0 Å². The van der Waals surface area contributed by atoms with Crippen molar-refractivity contribution in [2.45, 2.75) is 20.8 Å². The number of carbonyl (C=O) groups excluding carboxylic acids is 3. The van der Waals surface area contributed by atoms with Crippen LogP contribution in [0.25, 0.3) is 6.08 Å². The zero-order valence-corrected chi connectivity index (χ0v) is 16.8. The van der Waals surface area contributed by atoms with Gasteiger partial charge in [0.05, 0.1) is 12.3 Å². The number of fused-ring (bicyclic) bond motifs is 1. The van der Waals surface area contributed by atoms with E-state index in [-0.39, 0.29) is 12.4 Å². The molecule has 8 heteroatoms. The first kappa shape index (κ1) is 19.5. The lowest BCUT2D eigenvalue weighted by Crippen LogP contribution is -2.54. The first-order valence-corrected chi connectivity index (χ1v) is 9.44. The minimum absolute atomic E-state index is 0.0788. The topological polar surface area (TPSA) is 94.2 Å². The molecule has 30 heavy (non-hydrogen) atoms. The number of rotatable bonds is 4. The summed E-state index contributed by atoms with van der Waals surface area (Å²) in [6.45, 7) is 6.09. The Morgan fingerprint density at radius 3 is 2.50 bits per heavy atom. The summed E-state index contributed by atoms with van der Waals surface area (Å²) in [5, 5.41) is 2.23. The monoisotopic (exact) mass is 408 g/mol. The normalized spacial score (nSPS) is 16.8. The van der Waals surface area contributed by atoms with Gasteiger partial charge in [0.15, 0.2) is 11.5 Å². The fraction of sp³-hybridized carbons (Fsp3) is 0.227. The molecule has 2 aromatic rings. The van der Waals surface area contributed by atoms with Crippen LogP contribution in [0, 0.1) is 13.8 Å². The number of nitrogens with zero attached hydrogens (tertiary/aromatic N) is 1. The zero-order chi connectivity index (χ0) is 21.4.